The van der Waals surface area contributed by atoms with Crippen LogP contribution in [0.25, 0.3) is 0 Å². The number of hydrogen-bond acceptors (Lipinski definition) is 2. The molecule has 68 valence electrons. The van der Waals surface area contributed by atoms with Crippen LogP contribution in [0.15, 0.2) is 0 Å². The van der Waals surface area contributed by atoms with Gasteiger partial charge in [0.1, 0.15) is 8.24 Å². The van der Waals surface area contributed by atoms with E-state index in [1.807, 2.05) is 0 Å². The van der Waals surface area contributed by atoms with E-state index in [4.69, 9.17) is 0 Å². The van der Waals surface area contributed by atoms with E-state index < -0.39 is 8.24 Å². The van der Waals surface area contributed by atoms with Crippen molar-refractivity contribution in [3.05, 3.63) is 0 Å². The molecule has 0 aliphatic heterocycles. The van der Waals surface area contributed by atoms with E-state index in [2.05, 4.69) is 42.8 Å². The van der Waals surface area contributed by atoms with Crippen molar-refractivity contribution < 1.29 is 0 Å². The molecule has 0 aromatic rings. The standard InChI is InChI=1S/C7H22N2Si2/c1-6-8(7-2)9(10)11(3,4)5/h6-7H2,1-5,10H3. The fraction of sp³-hybridized carbons (Fsp3) is 1.00. The van der Waals surface area contributed by atoms with Crippen molar-refractivity contribution in [3.8, 4) is 0 Å². The number of rotatable bonds is 4. The van der Waals surface area contributed by atoms with Gasteiger partial charge in [-0.05, 0) is 0 Å². The lowest BCUT2D eigenvalue weighted by molar-refractivity contribution is 0.147. The van der Waals surface area contributed by atoms with Crippen LogP contribution in [0, 0.1) is 0 Å². The third kappa shape index (κ3) is 3.51. The van der Waals surface area contributed by atoms with Gasteiger partial charge < -0.3 is 0 Å². The van der Waals surface area contributed by atoms with Crippen LogP contribution in [-0.2, 0) is 0 Å². The Labute approximate surface area is 75.1 Å². The molecule has 0 rings (SSSR count). The van der Waals surface area contributed by atoms with E-state index in [9.17, 15) is 0 Å². The summed E-state index contributed by atoms with van der Waals surface area (Å²) < 4.78 is 2.58. The molecule has 0 atom stereocenters. The Hall–Kier alpha value is 0.354. The Bertz CT molecular complexity index is 107. The van der Waals surface area contributed by atoms with E-state index in [-0.39, 0.29) is 0 Å². The summed E-state index contributed by atoms with van der Waals surface area (Å²) in [5.41, 5.74) is 0. The Balaban J connectivity index is 4.09. The second kappa shape index (κ2) is 4.40. The molecule has 0 saturated carbocycles. The van der Waals surface area contributed by atoms with Gasteiger partial charge >= 0.3 is 0 Å². The van der Waals surface area contributed by atoms with Gasteiger partial charge in [-0.3, -0.25) is 9.35 Å². The molecule has 0 aromatic heterocycles. The highest BCUT2D eigenvalue weighted by molar-refractivity contribution is 6.76. The minimum Gasteiger partial charge on any atom is -0.293 e. The van der Waals surface area contributed by atoms with Crippen LogP contribution in [0.2, 0.25) is 19.6 Å². The van der Waals surface area contributed by atoms with Crippen molar-refractivity contribution in [2.75, 3.05) is 13.1 Å². The van der Waals surface area contributed by atoms with E-state index in [1.165, 1.54) is 10.4 Å². The van der Waals surface area contributed by atoms with E-state index in [1.54, 1.807) is 0 Å². The molecule has 0 unspecified atom stereocenters. The molecule has 0 spiro atoms. The van der Waals surface area contributed by atoms with Gasteiger partial charge in [0.2, 0.25) is 0 Å². The molecule has 0 heterocycles. The first-order valence-corrected chi connectivity index (χ1v) is 8.76. The summed E-state index contributed by atoms with van der Waals surface area (Å²) in [6.07, 6.45) is 0. The molecule has 0 aromatic carbocycles. The topological polar surface area (TPSA) is 6.48 Å². The number of hydrogen-bond donors (Lipinski definition) is 0. The summed E-state index contributed by atoms with van der Waals surface area (Å²) in [6.45, 7) is 14.0. The normalized spacial score (nSPS) is 13.4. The number of hydrazine groups is 1. The molecule has 4 heteroatoms. The predicted octanol–water partition coefficient (Wildman–Crippen LogP) is 0.660. The Morgan fingerprint density at radius 3 is 1.55 bits per heavy atom. The first kappa shape index (κ1) is 11.4. The van der Waals surface area contributed by atoms with Crippen molar-refractivity contribution in [1.29, 1.82) is 0 Å². The summed E-state index contributed by atoms with van der Waals surface area (Å²) in [6, 6.07) is 0. The molecule has 0 aliphatic carbocycles. The van der Waals surface area contributed by atoms with Gasteiger partial charge in [-0.1, -0.05) is 33.5 Å². The second-order valence-electron chi connectivity index (χ2n) is 3.83. The molecule has 11 heavy (non-hydrogen) atoms. The highest BCUT2D eigenvalue weighted by Crippen LogP contribution is 2.08. The quantitative estimate of drug-likeness (QED) is 0.475. The molecule has 0 saturated heterocycles. The highest BCUT2D eigenvalue weighted by Gasteiger charge is 2.22. The maximum absolute atomic E-state index is 2.58. The van der Waals surface area contributed by atoms with Crippen molar-refractivity contribution >= 4 is 18.6 Å². The minimum absolute atomic E-state index is 1.04. The maximum atomic E-state index is 2.58. The Kier molecular flexibility index (Phi) is 4.54. The van der Waals surface area contributed by atoms with Crippen LogP contribution < -0.4 is 0 Å². The molecule has 2 nitrogen and oxygen atoms in total. The van der Waals surface area contributed by atoms with Gasteiger partial charge in [0.05, 0.1) is 10.4 Å². The molecule has 0 fully saturated rings. The molecular formula is C7H22N2Si2. The van der Waals surface area contributed by atoms with Crippen LogP contribution in [-0.4, -0.2) is 41.1 Å². The first-order chi connectivity index (χ1) is 4.93. The maximum Gasteiger partial charge on any atom is 0.126 e. The first-order valence-electron chi connectivity index (χ1n) is 4.42. The zero-order valence-electron chi connectivity index (χ0n) is 8.81. The summed E-state index contributed by atoms with van der Waals surface area (Å²) in [7, 11) is 0.127. The SMILES string of the molecule is CCN(CC)N([SiH3])[Si](C)(C)C. The second-order valence-corrected chi connectivity index (χ2v) is 10.6. The smallest absolute Gasteiger partial charge is 0.126 e. The van der Waals surface area contributed by atoms with Crippen molar-refractivity contribution in [2.24, 2.45) is 0 Å². The lowest BCUT2D eigenvalue weighted by atomic mass is 10.6. The fourth-order valence-electron chi connectivity index (χ4n) is 1.07. The van der Waals surface area contributed by atoms with Crippen LogP contribution in [0.1, 0.15) is 13.8 Å². The summed E-state index contributed by atoms with van der Waals surface area (Å²) in [5.74, 6) is 0. The molecule has 0 amide bonds. The monoisotopic (exact) mass is 190 g/mol. The Morgan fingerprint density at radius 1 is 1.09 bits per heavy atom. The van der Waals surface area contributed by atoms with Gasteiger partial charge in [-0.15, -0.1) is 0 Å². The molecule has 0 aliphatic rings. The van der Waals surface area contributed by atoms with Crippen LogP contribution in [0.4, 0.5) is 0 Å². The zero-order valence-corrected chi connectivity index (χ0v) is 11.8. The van der Waals surface area contributed by atoms with E-state index in [0.29, 0.717) is 0 Å². The molecule has 0 N–H and O–H groups in total. The highest BCUT2D eigenvalue weighted by atomic mass is 28.4. The van der Waals surface area contributed by atoms with Crippen LogP contribution in [0.3, 0.4) is 0 Å². The van der Waals surface area contributed by atoms with Gasteiger partial charge in [-0.2, -0.15) is 0 Å². The molecule has 0 bridgehead atoms. The van der Waals surface area contributed by atoms with Crippen LogP contribution in [0.5, 0.6) is 0 Å². The summed E-state index contributed by atoms with van der Waals surface area (Å²) in [5, 5.41) is 2.46. The zero-order chi connectivity index (χ0) is 9.07. The van der Waals surface area contributed by atoms with Crippen molar-refractivity contribution in [3.63, 3.8) is 0 Å². The minimum atomic E-state index is -1.04. The average molecular weight is 190 g/mol. The summed E-state index contributed by atoms with van der Waals surface area (Å²) >= 11 is 0. The lowest BCUT2D eigenvalue weighted by Gasteiger charge is -2.39. The van der Waals surface area contributed by atoms with E-state index >= 15 is 0 Å². The third-order valence-electron chi connectivity index (χ3n) is 2.13. The summed E-state index contributed by atoms with van der Waals surface area (Å²) in [4.78, 5) is 0. The molecule has 0 radical (unpaired) electrons. The lowest BCUT2D eigenvalue weighted by Crippen LogP contribution is -2.54. The fourth-order valence-corrected chi connectivity index (χ4v) is 2.77. The van der Waals surface area contributed by atoms with Crippen molar-refractivity contribution in [1.82, 2.24) is 9.35 Å². The average Bonchev–Trinajstić information content (AvgIpc) is 1.88. The molecular weight excluding hydrogens is 168 g/mol. The van der Waals surface area contributed by atoms with Gasteiger partial charge in [0.25, 0.3) is 0 Å². The number of nitrogens with zero attached hydrogens (tertiary/aromatic N) is 2. The van der Waals surface area contributed by atoms with Gasteiger partial charge in [0, 0.05) is 13.1 Å². The third-order valence-corrected chi connectivity index (χ3v) is 8.94. The van der Waals surface area contributed by atoms with Gasteiger partial charge in [-0.25, -0.2) is 0 Å². The van der Waals surface area contributed by atoms with Crippen molar-refractivity contribution in [2.45, 2.75) is 33.5 Å². The van der Waals surface area contributed by atoms with E-state index in [0.717, 1.165) is 13.1 Å². The van der Waals surface area contributed by atoms with Crippen LogP contribution >= 0.6 is 0 Å². The Morgan fingerprint density at radius 2 is 1.45 bits per heavy atom. The largest absolute Gasteiger partial charge is 0.293 e. The van der Waals surface area contributed by atoms with Gasteiger partial charge in [0.15, 0.2) is 0 Å². The predicted molar refractivity (Wildman–Crippen MR) is 58.0 cm³/mol.